The minimum absolute atomic E-state index is 0.161. The summed E-state index contributed by atoms with van der Waals surface area (Å²) in [5.74, 6) is 6.58. The second-order valence-corrected chi connectivity index (χ2v) is 5.63. The molecule has 1 saturated carbocycles. The third-order valence-corrected chi connectivity index (χ3v) is 4.36. The number of hydrazine groups is 1. The smallest absolute Gasteiger partial charge is 0.0886 e. The summed E-state index contributed by atoms with van der Waals surface area (Å²) in [6, 6.07) is 8.52. The summed E-state index contributed by atoms with van der Waals surface area (Å²) < 4.78 is 1.95. The molecule has 102 valence electrons. The van der Waals surface area contributed by atoms with Crippen molar-refractivity contribution in [1.82, 2.24) is 15.2 Å². The summed E-state index contributed by atoms with van der Waals surface area (Å²) in [6.45, 7) is 0. The van der Waals surface area contributed by atoms with Crippen LogP contribution in [0.15, 0.2) is 24.3 Å². The van der Waals surface area contributed by atoms with Gasteiger partial charge in [-0.15, -0.1) is 0 Å². The first kappa shape index (κ1) is 12.6. The summed E-state index contributed by atoms with van der Waals surface area (Å²) in [7, 11) is 2.00. The molecule has 1 aliphatic rings. The highest BCUT2D eigenvalue weighted by Crippen LogP contribution is 2.34. The number of para-hydroxylation sites is 1. The largest absolute Gasteiger partial charge is 0.271 e. The van der Waals surface area contributed by atoms with Crippen LogP contribution >= 0.6 is 0 Å². The fourth-order valence-corrected chi connectivity index (χ4v) is 3.34. The second-order valence-electron chi connectivity index (χ2n) is 5.63. The van der Waals surface area contributed by atoms with Gasteiger partial charge in [0.25, 0.3) is 0 Å². The fraction of sp³-hybridized carbons (Fsp3) is 0.533. The van der Waals surface area contributed by atoms with Crippen molar-refractivity contribution < 1.29 is 0 Å². The zero-order valence-electron chi connectivity index (χ0n) is 11.5. The Labute approximate surface area is 113 Å². The van der Waals surface area contributed by atoms with Gasteiger partial charge in [0, 0.05) is 12.4 Å². The second kappa shape index (κ2) is 5.31. The van der Waals surface area contributed by atoms with E-state index >= 15 is 0 Å². The average molecular weight is 258 g/mol. The van der Waals surface area contributed by atoms with Crippen LogP contribution in [0.25, 0.3) is 10.9 Å². The number of nitrogens with two attached hydrogens (primary N) is 1. The van der Waals surface area contributed by atoms with E-state index in [1.54, 1.807) is 0 Å². The number of hydrogen-bond donors (Lipinski definition) is 2. The molecule has 1 unspecified atom stereocenters. The molecule has 0 bridgehead atoms. The Morgan fingerprint density at radius 3 is 2.84 bits per heavy atom. The van der Waals surface area contributed by atoms with Crippen molar-refractivity contribution >= 4 is 10.9 Å². The van der Waals surface area contributed by atoms with Crippen molar-refractivity contribution in [2.45, 2.75) is 38.1 Å². The molecule has 1 aliphatic carbocycles. The zero-order valence-corrected chi connectivity index (χ0v) is 11.5. The lowest BCUT2D eigenvalue weighted by molar-refractivity contribution is 0.393. The molecule has 1 fully saturated rings. The van der Waals surface area contributed by atoms with Gasteiger partial charge in [-0.25, -0.2) is 0 Å². The minimum Gasteiger partial charge on any atom is -0.271 e. The van der Waals surface area contributed by atoms with Gasteiger partial charge in [0.1, 0.15) is 0 Å². The number of benzene rings is 1. The molecule has 1 aromatic carbocycles. The Bertz CT molecular complexity index is 554. The summed E-state index contributed by atoms with van der Waals surface area (Å²) in [5.41, 5.74) is 5.24. The normalized spacial score (nSPS) is 18.2. The summed E-state index contributed by atoms with van der Waals surface area (Å²) in [4.78, 5) is 0. The molecule has 0 radical (unpaired) electrons. The Hall–Kier alpha value is -1.39. The van der Waals surface area contributed by atoms with Gasteiger partial charge in [0.15, 0.2) is 0 Å². The highest BCUT2D eigenvalue weighted by atomic mass is 15.3. The first-order chi connectivity index (χ1) is 9.29. The van der Waals surface area contributed by atoms with Crippen LogP contribution in [0.4, 0.5) is 0 Å². The highest BCUT2D eigenvalue weighted by Gasteiger charge is 2.24. The van der Waals surface area contributed by atoms with Crippen molar-refractivity contribution in [3.63, 3.8) is 0 Å². The van der Waals surface area contributed by atoms with Crippen LogP contribution in [0.1, 0.15) is 43.8 Å². The van der Waals surface area contributed by atoms with Crippen LogP contribution in [0.3, 0.4) is 0 Å². The van der Waals surface area contributed by atoms with Crippen molar-refractivity contribution in [3.8, 4) is 0 Å². The molecule has 0 aliphatic heterocycles. The zero-order chi connectivity index (χ0) is 13.2. The molecule has 0 amide bonds. The molecule has 1 atom stereocenters. The Morgan fingerprint density at radius 1 is 1.37 bits per heavy atom. The molecule has 2 aromatic rings. The fourth-order valence-electron chi connectivity index (χ4n) is 3.34. The average Bonchev–Trinajstić information content (AvgIpc) is 3.05. The lowest BCUT2D eigenvalue weighted by Gasteiger charge is -2.18. The van der Waals surface area contributed by atoms with Gasteiger partial charge in [0.05, 0.1) is 17.3 Å². The number of aryl methyl sites for hydroxylation is 1. The Kier molecular flexibility index (Phi) is 3.53. The Balaban J connectivity index is 1.92. The van der Waals surface area contributed by atoms with Crippen molar-refractivity contribution in [2.24, 2.45) is 18.8 Å². The van der Waals surface area contributed by atoms with E-state index in [9.17, 15) is 0 Å². The first-order valence-electron chi connectivity index (χ1n) is 7.17. The van der Waals surface area contributed by atoms with E-state index < -0.39 is 0 Å². The van der Waals surface area contributed by atoms with Crippen molar-refractivity contribution in [1.29, 1.82) is 0 Å². The van der Waals surface area contributed by atoms with E-state index in [4.69, 9.17) is 5.84 Å². The van der Waals surface area contributed by atoms with Gasteiger partial charge >= 0.3 is 0 Å². The van der Waals surface area contributed by atoms with Crippen LogP contribution in [0.5, 0.6) is 0 Å². The van der Waals surface area contributed by atoms with E-state index in [0.29, 0.717) is 0 Å². The molecule has 1 heterocycles. The van der Waals surface area contributed by atoms with Gasteiger partial charge in [0.2, 0.25) is 0 Å². The van der Waals surface area contributed by atoms with Gasteiger partial charge in [-0.3, -0.25) is 16.0 Å². The molecule has 0 spiro atoms. The van der Waals surface area contributed by atoms with Crippen LogP contribution in [0, 0.1) is 5.92 Å². The van der Waals surface area contributed by atoms with Crippen LogP contribution < -0.4 is 11.3 Å². The lowest BCUT2D eigenvalue weighted by atomic mass is 9.95. The van der Waals surface area contributed by atoms with Gasteiger partial charge in [-0.05, 0) is 18.4 Å². The molecular weight excluding hydrogens is 236 g/mol. The maximum Gasteiger partial charge on any atom is 0.0886 e. The van der Waals surface area contributed by atoms with E-state index in [0.717, 1.165) is 18.0 Å². The standard InChI is InChI=1S/C15H22N4/c1-19-14-9-5-4-8-12(14)15(18-19)13(17-16)10-11-6-2-3-7-11/h4-5,8-9,11,13,17H,2-3,6-7,10,16H2,1H3. The molecule has 4 nitrogen and oxygen atoms in total. The van der Waals surface area contributed by atoms with Gasteiger partial charge < -0.3 is 0 Å². The number of aromatic nitrogens is 2. The topological polar surface area (TPSA) is 55.9 Å². The number of fused-ring (bicyclic) bond motifs is 1. The predicted octanol–water partition coefficient (Wildman–Crippen LogP) is 2.66. The SMILES string of the molecule is Cn1nc(C(CC2CCCC2)NN)c2ccccc21. The van der Waals surface area contributed by atoms with Gasteiger partial charge in [-0.2, -0.15) is 5.10 Å². The molecule has 4 heteroatoms. The van der Waals surface area contributed by atoms with E-state index in [1.165, 1.54) is 36.6 Å². The molecular formula is C15H22N4. The van der Waals surface area contributed by atoms with Crippen molar-refractivity contribution in [3.05, 3.63) is 30.0 Å². The molecule has 1 aromatic heterocycles. The highest BCUT2D eigenvalue weighted by molar-refractivity contribution is 5.82. The minimum atomic E-state index is 0.161. The first-order valence-corrected chi connectivity index (χ1v) is 7.17. The monoisotopic (exact) mass is 258 g/mol. The quantitative estimate of drug-likeness (QED) is 0.655. The lowest BCUT2D eigenvalue weighted by Crippen LogP contribution is -2.30. The van der Waals surface area contributed by atoms with Crippen LogP contribution in [0.2, 0.25) is 0 Å². The predicted molar refractivity (Wildman–Crippen MR) is 77.4 cm³/mol. The maximum atomic E-state index is 5.78. The number of nitrogens with one attached hydrogen (secondary N) is 1. The van der Waals surface area contributed by atoms with E-state index in [1.807, 2.05) is 11.7 Å². The van der Waals surface area contributed by atoms with Gasteiger partial charge in [-0.1, -0.05) is 43.9 Å². The molecule has 19 heavy (non-hydrogen) atoms. The van der Waals surface area contributed by atoms with Crippen molar-refractivity contribution in [2.75, 3.05) is 0 Å². The van der Waals surface area contributed by atoms with Crippen LogP contribution in [-0.2, 0) is 7.05 Å². The summed E-state index contributed by atoms with van der Waals surface area (Å²) in [5, 5.41) is 5.89. The summed E-state index contributed by atoms with van der Waals surface area (Å²) >= 11 is 0. The third-order valence-electron chi connectivity index (χ3n) is 4.36. The summed E-state index contributed by atoms with van der Waals surface area (Å²) in [6.07, 6.45) is 6.50. The van der Waals surface area contributed by atoms with E-state index in [2.05, 4.69) is 34.8 Å². The number of rotatable bonds is 4. The number of nitrogens with zero attached hydrogens (tertiary/aromatic N) is 2. The molecule has 0 saturated heterocycles. The molecule has 3 rings (SSSR count). The number of hydrogen-bond acceptors (Lipinski definition) is 3. The Morgan fingerprint density at radius 2 is 2.11 bits per heavy atom. The molecule has 3 N–H and O–H groups in total. The van der Waals surface area contributed by atoms with E-state index in [-0.39, 0.29) is 6.04 Å². The maximum absolute atomic E-state index is 5.78. The van der Waals surface area contributed by atoms with Crippen LogP contribution in [-0.4, -0.2) is 9.78 Å². The third kappa shape index (κ3) is 2.38.